The molecule has 0 fully saturated rings. The minimum absolute atomic E-state index is 0.281. The smallest absolute Gasteiger partial charge is 0.373 e. The van der Waals surface area contributed by atoms with E-state index in [1.165, 1.54) is 103 Å². The lowest BCUT2D eigenvalue weighted by Gasteiger charge is -2.43. The maximum atomic E-state index is 5.79. The number of quaternary nitrogens is 1. The summed E-state index contributed by atoms with van der Waals surface area (Å²) in [5.41, 5.74) is 0.281. The van der Waals surface area contributed by atoms with Crippen LogP contribution in [0.1, 0.15) is 123 Å². The Bertz CT molecular complexity index is 381. The Hall–Kier alpha value is 0.0569. The third-order valence-electron chi connectivity index (χ3n) is 7.08. The van der Waals surface area contributed by atoms with Crippen molar-refractivity contribution in [3.8, 4) is 0 Å². The Kier molecular flexibility index (Phi) is 19.6. The molecule has 31 heavy (non-hydrogen) atoms. The molecule has 0 saturated carbocycles. The van der Waals surface area contributed by atoms with E-state index < -0.39 is 8.80 Å². The molecule has 0 spiro atoms. The van der Waals surface area contributed by atoms with Gasteiger partial charge in [-0.25, -0.2) is 0 Å². The summed E-state index contributed by atoms with van der Waals surface area (Å²) in [6.45, 7) is 5.67. The van der Waals surface area contributed by atoms with Crippen LogP contribution in [0, 0.1) is 0 Å². The summed E-state index contributed by atoms with van der Waals surface area (Å²) in [7, 11) is 7.18. The molecule has 188 valence electrons. The second-order valence-corrected chi connectivity index (χ2v) is 13.0. The molecule has 0 N–H and O–H groups in total. The predicted octanol–water partition coefficient (Wildman–Crippen LogP) is 7.52. The molecular weight excluding hydrogens is 402 g/mol. The molecule has 0 aliphatic rings. The van der Waals surface area contributed by atoms with Gasteiger partial charge in [0, 0.05) is 27.8 Å². The zero-order chi connectivity index (χ0) is 23.4. The molecule has 0 amide bonds. The number of unbranched alkanes of at least 4 members (excludes halogenated alkanes) is 15. The van der Waals surface area contributed by atoms with Crippen LogP contribution in [0.25, 0.3) is 0 Å². The molecule has 0 rings (SSSR count). The number of rotatable bonds is 23. The van der Waals surface area contributed by atoms with Gasteiger partial charge in [0.1, 0.15) is 0 Å². The van der Waals surface area contributed by atoms with Crippen LogP contribution in [0.5, 0.6) is 0 Å². The van der Waals surface area contributed by atoms with Crippen molar-refractivity contribution in [3.63, 3.8) is 0 Å². The molecule has 0 aromatic heterocycles. The van der Waals surface area contributed by atoms with Gasteiger partial charge in [-0.05, 0) is 12.8 Å². The summed E-state index contributed by atoms with van der Waals surface area (Å²) >= 11 is 0. The maximum absolute atomic E-state index is 5.79. The quantitative estimate of drug-likeness (QED) is 0.0896. The maximum Gasteiger partial charge on any atom is 0.561 e. The first-order chi connectivity index (χ1) is 14.9. The van der Waals surface area contributed by atoms with E-state index in [4.69, 9.17) is 13.3 Å². The van der Waals surface area contributed by atoms with Crippen molar-refractivity contribution in [2.45, 2.75) is 129 Å². The minimum atomic E-state index is -2.62. The first-order valence-corrected chi connectivity index (χ1v) is 15.2. The summed E-state index contributed by atoms with van der Waals surface area (Å²) in [6, 6.07) is 0. The first-order valence-electron chi connectivity index (χ1n) is 13.4. The molecule has 5 heteroatoms. The molecule has 0 saturated heterocycles. The standard InChI is InChI=1S/C26H58NO3Si/c1-8-10-11-12-13-14-15-16-17-18-19-20-21-22-23-24-25-27(3,4)26(9-2)31(28-5,29-6)30-7/h26H,8-25H2,1-7H3/q+1. The van der Waals surface area contributed by atoms with E-state index in [1.807, 2.05) is 0 Å². The van der Waals surface area contributed by atoms with Crippen LogP contribution in [0.3, 0.4) is 0 Å². The Morgan fingerprint density at radius 1 is 0.548 bits per heavy atom. The van der Waals surface area contributed by atoms with Gasteiger partial charge in [-0.15, -0.1) is 0 Å². The Morgan fingerprint density at radius 3 is 1.16 bits per heavy atom. The number of nitrogens with zero attached hydrogens (tertiary/aromatic N) is 1. The Balaban J connectivity index is 3.75. The fourth-order valence-electron chi connectivity index (χ4n) is 5.05. The highest BCUT2D eigenvalue weighted by Crippen LogP contribution is 2.25. The Labute approximate surface area is 197 Å². The largest absolute Gasteiger partial charge is 0.561 e. The van der Waals surface area contributed by atoms with Crippen molar-refractivity contribution in [2.24, 2.45) is 0 Å². The summed E-state index contributed by atoms with van der Waals surface area (Å²) < 4.78 is 18.3. The lowest BCUT2D eigenvalue weighted by molar-refractivity contribution is -0.906. The first kappa shape index (κ1) is 31.1. The summed E-state index contributed by atoms with van der Waals surface area (Å²) in [5.74, 6) is 0. The van der Waals surface area contributed by atoms with E-state index in [-0.39, 0.29) is 5.67 Å². The van der Waals surface area contributed by atoms with E-state index in [1.54, 1.807) is 21.3 Å². The predicted molar refractivity (Wildman–Crippen MR) is 137 cm³/mol. The molecule has 1 unspecified atom stereocenters. The lowest BCUT2D eigenvalue weighted by atomic mass is 10.0. The van der Waals surface area contributed by atoms with Gasteiger partial charge >= 0.3 is 8.80 Å². The summed E-state index contributed by atoms with van der Waals surface area (Å²) in [6.07, 6.45) is 23.6. The second-order valence-electron chi connectivity index (χ2n) is 9.95. The second kappa shape index (κ2) is 19.5. The van der Waals surface area contributed by atoms with Crippen molar-refractivity contribution in [1.29, 1.82) is 0 Å². The molecular formula is C26H58NO3Si+. The SMILES string of the molecule is CCCCCCCCCCCCCCCCCC[N+](C)(C)C(CC)[Si](OC)(OC)OC. The van der Waals surface area contributed by atoms with Crippen LogP contribution < -0.4 is 0 Å². The molecule has 0 aliphatic heterocycles. The zero-order valence-corrected chi connectivity index (χ0v) is 23.5. The van der Waals surface area contributed by atoms with Gasteiger partial charge in [-0.2, -0.15) is 0 Å². The van der Waals surface area contributed by atoms with Crippen LogP contribution in [-0.4, -0.2) is 60.9 Å². The fraction of sp³-hybridized carbons (Fsp3) is 1.00. The van der Waals surface area contributed by atoms with Crippen molar-refractivity contribution in [3.05, 3.63) is 0 Å². The molecule has 0 bridgehead atoms. The van der Waals surface area contributed by atoms with Crippen molar-refractivity contribution >= 4 is 8.80 Å². The minimum Gasteiger partial charge on any atom is -0.373 e. The van der Waals surface area contributed by atoms with Crippen LogP contribution in [0.4, 0.5) is 0 Å². The van der Waals surface area contributed by atoms with E-state index in [2.05, 4.69) is 27.9 Å². The molecule has 0 aromatic carbocycles. The van der Waals surface area contributed by atoms with Gasteiger partial charge in [-0.1, -0.05) is 104 Å². The molecule has 0 heterocycles. The van der Waals surface area contributed by atoms with Gasteiger partial charge in [0.25, 0.3) is 0 Å². The highest BCUT2D eigenvalue weighted by atomic mass is 28.4. The van der Waals surface area contributed by atoms with E-state index in [9.17, 15) is 0 Å². The van der Waals surface area contributed by atoms with Crippen molar-refractivity contribution in [1.82, 2.24) is 0 Å². The number of hydrogen-bond donors (Lipinski definition) is 0. The Morgan fingerprint density at radius 2 is 0.871 bits per heavy atom. The molecule has 0 radical (unpaired) electrons. The van der Waals surface area contributed by atoms with E-state index in [0.717, 1.165) is 17.4 Å². The van der Waals surface area contributed by atoms with Crippen LogP contribution in [-0.2, 0) is 13.3 Å². The molecule has 4 nitrogen and oxygen atoms in total. The topological polar surface area (TPSA) is 27.7 Å². The normalized spacial score (nSPS) is 13.6. The van der Waals surface area contributed by atoms with Gasteiger partial charge < -0.3 is 17.8 Å². The molecule has 1 atom stereocenters. The third kappa shape index (κ3) is 13.4. The summed E-state index contributed by atoms with van der Waals surface area (Å²) in [5, 5.41) is 0. The van der Waals surface area contributed by atoms with Gasteiger partial charge in [0.05, 0.1) is 20.6 Å². The lowest BCUT2D eigenvalue weighted by Crippen LogP contribution is -2.67. The summed E-state index contributed by atoms with van der Waals surface area (Å²) in [4.78, 5) is 0. The van der Waals surface area contributed by atoms with Gasteiger partial charge in [0.2, 0.25) is 0 Å². The molecule has 0 aliphatic carbocycles. The monoisotopic (exact) mass is 460 g/mol. The number of hydrogen-bond acceptors (Lipinski definition) is 3. The third-order valence-corrected chi connectivity index (χ3v) is 10.7. The van der Waals surface area contributed by atoms with Gasteiger partial charge in [-0.3, -0.25) is 0 Å². The zero-order valence-electron chi connectivity index (χ0n) is 22.5. The highest BCUT2D eigenvalue weighted by molar-refractivity contribution is 6.62. The van der Waals surface area contributed by atoms with Crippen LogP contribution in [0.2, 0.25) is 0 Å². The van der Waals surface area contributed by atoms with Crippen molar-refractivity contribution in [2.75, 3.05) is 42.0 Å². The van der Waals surface area contributed by atoms with Gasteiger partial charge in [0.15, 0.2) is 5.67 Å². The average molecular weight is 461 g/mol. The van der Waals surface area contributed by atoms with Crippen LogP contribution >= 0.6 is 0 Å². The highest BCUT2D eigenvalue weighted by Gasteiger charge is 2.55. The van der Waals surface area contributed by atoms with E-state index >= 15 is 0 Å². The van der Waals surface area contributed by atoms with E-state index in [0.29, 0.717) is 0 Å². The average Bonchev–Trinajstić information content (AvgIpc) is 2.77. The molecule has 0 aromatic rings. The van der Waals surface area contributed by atoms with Crippen LogP contribution in [0.15, 0.2) is 0 Å². The van der Waals surface area contributed by atoms with Crippen molar-refractivity contribution < 1.29 is 17.8 Å². The fourth-order valence-corrected chi connectivity index (χ4v) is 7.86.